The largest absolute Gasteiger partial charge is 0.366 e. The zero-order chi connectivity index (χ0) is 17.3. The van der Waals surface area contributed by atoms with Gasteiger partial charge in [0.2, 0.25) is 0 Å². The minimum Gasteiger partial charge on any atom is -0.366 e. The van der Waals surface area contributed by atoms with Gasteiger partial charge in [0.05, 0.1) is 12.6 Å². The van der Waals surface area contributed by atoms with Gasteiger partial charge in [0.1, 0.15) is 6.10 Å². The first kappa shape index (κ1) is 17.3. The normalized spacial score (nSPS) is 28.9. The van der Waals surface area contributed by atoms with Gasteiger partial charge in [-0.1, -0.05) is 6.07 Å². The van der Waals surface area contributed by atoms with Crippen molar-refractivity contribution in [1.29, 1.82) is 0 Å². The van der Waals surface area contributed by atoms with E-state index in [1.165, 1.54) is 6.07 Å². The second kappa shape index (κ2) is 7.13. The number of carbonyl (C=O) groups excluding carboxylic acids is 1. The number of amides is 1. The van der Waals surface area contributed by atoms with Gasteiger partial charge in [0, 0.05) is 25.7 Å². The topological polar surface area (TPSA) is 44.8 Å². The Bertz CT molecular complexity index is 613. The predicted molar refractivity (Wildman–Crippen MR) is 85.5 cm³/mol. The van der Waals surface area contributed by atoms with Crippen molar-refractivity contribution >= 4 is 5.91 Å². The molecule has 0 radical (unpaired) electrons. The van der Waals surface area contributed by atoms with Gasteiger partial charge in [-0.05, 0) is 38.2 Å². The third-order valence-electron chi connectivity index (χ3n) is 4.82. The Hall–Kier alpha value is -1.57. The first-order valence-electron chi connectivity index (χ1n) is 8.21. The summed E-state index contributed by atoms with van der Waals surface area (Å²) in [5, 5.41) is 3.03. The molecule has 2 saturated heterocycles. The van der Waals surface area contributed by atoms with Crippen LogP contribution in [0.5, 0.6) is 0 Å². The minimum atomic E-state index is -0.866. The second-order valence-corrected chi connectivity index (χ2v) is 6.62. The molecular weight excluding hydrogens is 316 g/mol. The molecule has 2 aliphatic heterocycles. The van der Waals surface area contributed by atoms with Crippen LogP contribution in [0.25, 0.3) is 0 Å². The van der Waals surface area contributed by atoms with Crippen molar-refractivity contribution in [1.82, 2.24) is 15.1 Å². The summed E-state index contributed by atoms with van der Waals surface area (Å²) < 4.78 is 32.3. The number of ether oxygens (including phenoxy) is 1. The highest BCUT2D eigenvalue weighted by molar-refractivity contribution is 5.81. The summed E-state index contributed by atoms with van der Waals surface area (Å²) >= 11 is 0. The van der Waals surface area contributed by atoms with Crippen LogP contribution in [0.4, 0.5) is 8.78 Å². The smallest absolute Gasteiger partial charge is 0.250 e. The number of benzene rings is 1. The lowest BCUT2D eigenvalue weighted by atomic mass is 9.99. The summed E-state index contributed by atoms with van der Waals surface area (Å²) in [5.74, 6) is -1.87. The molecule has 2 heterocycles. The zero-order valence-corrected chi connectivity index (χ0v) is 14.0. The van der Waals surface area contributed by atoms with E-state index in [0.29, 0.717) is 18.7 Å². The van der Waals surface area contributed by atoms with Gasteiger partial charge < -0.3 is 15.0 Å². The van der Waals surface area contributed by atoms with Crippen molar-refractivity contribution in [2.24, 2.45) is 0 Å². The molecule has 0 aliphatic carbocycles. The molecule has 3 rings (SSSR count). The fourth-order valence-corrected chi connectivity index (χ4v) is 3.49. The first-order valence-corrected chi connectivity index (χ1v) is 8.21. The SMILES string of the molecule is CN1CCO[C@H](C(=O)N[C@@H]2CCN(C)[C@H]2c2ccc(F)c(F)c2)C1. The van der Waals surface area contributed by atoms with Crippen LogP contribution in [0.1, 0.15) is 18.0 Å². The lowest BCUT2D eigenvalue weighted by Crippen LogP contribution is -2.51. The fourth-order valence-electron chi connectivity index (χ4n) is 3.49. The van der Waals surface area contributed by atoms with Crippen LogP contribution in [0.15, 0.2) is 18.2 Å². The van der Waals surface area contributed by atoms with E-state index >= 15 is 0 Å². The Kier molecular flexibility index (Phi) is 5.12. The van der Waals surface area contributed by atoms with Crippen molar-refractivity contribution in [3.05, 3.63) is 35.4 Å². The number of nitrogens with zero attached hydrogens (tertiary/aromatic N) is 2. The summed E-state index contributed by atoms with van der Waals surface area (Å²) in [6.07, 6.45) is 0.273. The van der Waals surface area contributed by atoms with Gasteiger partial charge in [0.25, 0.3) is 5.91 Å². The lowest BCUT2D eigenvalue weighted by Gasteiger charge is -2.31. The maximum Gasteiger partial charge on any atom is 0.250 e. The molecule has 2 fully saturated rings. The Morgan fingerprint density at radius 3 is 2.75 bits per heavy atom. The number of hydrogen-bond donors (Lipinski definition) is 1. The van der Waals surface area contributed by atoms with E-state index in [4.69, 9.17) is 4.74 Å². The lowest BCUT2D eigenvalue weighted by molar-refractivity contribution is -0.138. The molecular formula is C17H23F2N3O2. The van der Waals surface area contributed by atoms with Crippen molar-refractivity contribution in [3.63, 3.8) is 0 Å². The van der Waals surface area contributed by atoms with Crippen LogP contribution in [0.3, 0.4) is 0 Å². The molecule has 1 N–H and O–H groups in total. The van der Waals surface area contributed by atoms with Crippen LogP contribution in [-0.4, -0.2) is 68.2 Å². The third kappa shape index (κ3) is 3.58. The van der Waals surface area contributed by atoms with Crippen molar-refractivity contribution in [2.45, 2.75) is 24.6 Å². The number of rotatable bonds is 3. The summed E-state index contributed by atoms with van der Waals surface area (Å²) in [4.78, 5) is 16.6. The molecule has 3 atom stereocenters. The van der Waals surface area contributed by atoms with E-state index in [1.54, 1.807) is 6.07 Å². The van der Waals surface area contributed by atoms with Crippen LogP contribution in [0.2, 0.25) is 0 Å². The van der Waals surface area contributed by atoms with Crippen LogP contribution in [0, 0.1) is 11.6 Å². The molecule has 24 heavy (non-hydrogen) atoms. The van der Waals surface area contributed by atoms with Gasteiger partial charge in [-0.25, -0.2) is 8.78 Å². The number of carbonyl (C=O) groups is 1. The fraction of sp³-hybridized carbons (Fsp3) is 0.588. The highest BCUT2D eigenvalue weighted by Gasteiger charge is 2.36. The molecule has 0 spiro atoms. The van der Waals surface area contributed by atoms with E-state index in [1.807, 2.05) is 19.0 Å². The number of hydrogen-bond acceptors (Lipinski definition) is 4. The molecule has 7 heteroatoms. The summed E-state index contributed by atoms with van der Waals surface area (Å²) in [6, 6.07) is 3.60. The molecule has 5 nitrogen and oxygen atoms in total. The first-order chi connectivity index (χ1) is 11.5. The summed E-state index contributed by atoms with van der Waals surface area (Å²) in [7, 11) is 3.87. The molecule has 1 aromatic rings. The number of likely N-dealkylation sites (N-methyl/N-ethyl adjacent to an activating group) is 2. The Labute approximate surface area is 140 Å². The van der Waals surface area contributed by atoms with Crippen LogP contribution in [-0.2, 0) is 9.53 Å². The van der Waals surface area contributed by atoms with Crippen LogP contribution < -0.4 is 5.32 Å². The van der Waals surface area contributed by atoms with E-state index in [9.17, 15) is 13.6 Å². The predicted octanol–water partition coefficient (Wildman–Crippen LogP) is 1.16. The van der Waals surface area contributed by atoms with Gasteiger partial charge in [-0.3, -0.25) is 9.69 Å². The monoisotopic (exact) mass is 339 g/mol. The van der Waals surface area contributed by atoms with Gasteiger partial charge in [0.15, 0.2) is 11.6 Å². The number of morpholine rings is 1. The number of halogens is 2. The maximum atomic E-state index is 13.6. The Balaban J connectivity index is 1.72. The Morgan fingerprint density at radius 1 is 1.25 bits per heavy atom. The molecule has 0 unspecified atom stereocenters. The molecule has 1 aromatic carbocycles. The van der Waals surface area contributed by atoms with E-state index in [-0.39, 0.29) is 18.0 Å². The third-order valence-corrected chi connectivity index (χ3v) is 4.82. The molecule has 0 bridgehead atoms. The minimum absolute atomic E-state index is 0.144. The summed E-state index contributed by atoms with van der Waals surface area (Å²) in [5.41, 5.74) is 0.667. The number of nitrogens with one attached hydrogen (secondary N) is 1. The molecule has 0 saturated carbocycles. The molecule has 2 aliphatic rings. The van der Waals surface area contributed by atoms with Crippen molar-refractivity contribution < 1.29 is 18.3 Å². The Morgan fingerprint density at radius 2 is 2.04 bits per heavy atom. The summed E-state index contributed by atoms with van der Waals surface area (Å²) in [6.45, 7) is 2.68. The molecule has 0 aromatic heterocycles. The quantitative estimate of drug-likeness (QED) is 0.898. The standard InChI is InChI=1S/C17H23F2N3O2/c1-21-7-8-24-15(10-21)17(23)20-14-5-6-22(2)16(14)11-3-4-12(18)13(19)9-11/h3-4,9,14-16H,5-8,10H2,1-2H3,(H,20,23)/t14-,15+,16+/m1/s1. The second-order valence-electron chi connectivity index (χ2n) is 6.62. The van der Waals surface area contributed by atoms with E-state index < -0.39 is 17.7 Å². The molecule has 1 amide bonds. The maximum absolute atomic E-state index is 13.6. The molecule has 132 valence electrons. The highest BCUT2D eigenvalue weighted by atomic mass is 19.2. The van der Waals surface area contributed by atoms with Crippen LogP contribution >= 0.6 is 0 Å². The van der Waals surface area contributed by atoms with Crippen molar-refractivity contribution in [3.8, 4) is 0 Å². The van der Waals surface area contributed by atoms with E-state index in [2.05, 4.69) is 10.2 Å². The average Bonchev–Trinajstić information content (AvgIpc) is 2.90. The van der Waals surface area contributed by atoms with Gasteiger partial charge in [-0.15, -0.1) is 0 Å². The van der Waals surface area contributed by atoms with Gasteiger partial charge in [-0.2, -0.15) is 0 Å². The van der Waals surface area contributed by atoms with Crippen molar-refractivity contribution in [2.75, 3.05) is 40.3 Å². The van der Waals surface area contributed by atoms with Gasteiger partial charge >= 0.3 is 0 Å². The highest BCUT2D eigenvalue weighted by Crippen LogP contribution is 2.31. The number of likely N-dealkylation sites (tertiary alicyclic amines) is 1. The van der Waals surface area contributed by atoms with E-state index in [0.717, 1.165) is 25.6 Å². The zero-order valence-electron chi connectivity index (χ0n) is 14.0. The average molecular weight is 339 g/mol.